The van der Waals surface area contributed by atoms with E-state index >= 15 is 0 Å². The van der Waals surface area contributed by atoms with Crippen LogP contribution in [-0.4, -0.2) is 58.5 Å². The smallest absolute Gasteiger partial charge is 0.392 e. The molecule has 0 amide bonds. The lowest BCUT2D eigenvalue weighted by molar-refractivity contribution is -0.183. The second-order valence-electron chi connectivity index (χ2n) is 10.7. The van der Waals surface area contributed by atoms with Crippen LogP contribution in [0.1, 0.15) is 42.9 Å². The highest BCUT2D eigenvalue weighted by atomic mass is 35.5. The van der Waals surface area contributed by atoms with Crippen molar-refractivity contribution < 1.29 is 32.9 Å². The zero-order chi connectivity index (χ0) is 29.9. The zero-order valence-electron chi connectivity index (χ0n) is 22.9. The summed E-state index contributed by atoms with van der Waals surface area (Å²) in [6, 6.07) is 13.3. The second-order valence-corrected chi connectivity index (χ2v) is 11.1. The van der Waals surface area contributed by atoms with E-state index in [0.717, 1.165) is 48.6 Å². The largest absolute Gasteiger partial charge is 0.497 e. The third-order valence-electron chi connectivity index (χ3n) is 8.33. The van der Waals surface area contributed by atoms with Crippen LogP contribution in [0, 0.1) is 17.8 Å². The number of aromatic nitrogens is 1. The number of rotatable bonds is 7. The first kappa shape index (κ1) is 30.8. The van der Waals surface area contributed by atoms with Gasteiger partial charge in [-0.15, -0.1) is 6.58 Å². The molecule has 4 heterocycles. The van der Waals surface area contributed by atoms with Crippen molar-refractivity contribution in [3.05, 3.63) is 83.5 Å². The number of piperidine rings is 3. The number of alkyl halides is 3. The van der Waals surface area contributed by atoms with Crippen molar-refractivity contribution in [2.45, 2.75) is 44.0 Å². The first-order valence-electron chi connectivity index (χ1n) is 13.5. The molecule has 3 saturated heterocycles. The number of aliphatic carboxylic acids is 1. The number of methoxy groups -OCH3 is 1. The number of aliphatic hydroxyl groups is 1. The Morgan fingerprint density at radius 3 is 2.49 bits per heavy atom. The number of ether oxygens (including phenoxy) is 1. The van der Waals surface area contributed by atoms with Gasteiger partial charge in [-0.3, -0.25) is 14.7 Å². The molecule has 0 spiro atoms. The molecule has 1 unspecified atom stereocenters. The Kier molecular flexibility index (Phi) is 9.62. The number of nitrogens with zero attached hydrogens (tertiary/aromatic N) is 2. The molecule has 3 aromatic rings. The molecule has 6 rings (SSSR count). The summed E-state index contributed by atoms with van der Waals surface area (Å²) in [4.78, 5) is 17.8. The topological polar surface area (TPSA) is 82.9 Å². The minimum atomic E-state index is -4.55. The number of carboxylic acid groups (broad SMARTS) is 1. The maximum Gasteiger partial charge on any atom is 0.392 e. The molecule has 6 nitrogen and oxygen atoms in total. The third kappa shape index (κ3) is 6.85. The number of hydrogen-bond acceptors (Lipinski definition) is 5. The molecular weight excluding hydrogens is 557 g/mol. The summed E-state index contributed by atoms with van der Waals surface area (Å²) in [5, 5.41) is 21.4. The van der Waals surface area contributed by atoms with E-state index in [9.17, 15) is 23.1 Å². The molecule has 3 fully saturated rings. The number of fused-ring (bicyclic) bond motifs is 4. The van der Waals surface area contributed by atoms with Crippen LogP contribution in [0.5, 0.6) is 5.75 Å². The quantitative estimate of drug-likeness (QED) is 0.292. The first-order chi connectivity index (χ1) is 19.4. The van der Waals surface area contributed by atoms with Crippen LogP contribution in [0.3, 0.4) is 0 Å². The fourth-order valence-corrected chi connectivity index (χ4v) is 6.07. The molecule has 3 aliphatic rings. The van der Waals surface area contributed by atoms with Gasteiger partial charge in [0.1, 0.15) is 5.75 Å². The Bertz CT molecular complexity index is 1370. The molecule has 1 aromatic heterocycles. The van der Waals surface area contributed by atoms with Crippen LogP contribution in [-0.2, 0) is 4.79 Å². The number of benzene rings is 2. The lowest BCUT2D eigenvalue weighted by Crippen LogP contribution is -2.54. The lowest BCUT2D eigenvalue weighted by atomic mass is 9.73. The van der Waals surface area contributed by atoms with E-state index in [1.54, 1.807) is 13.3 Å². The SMILES string of the molecule is C=C[C@@H]1CN2CC[C@@H]1C[C@H]2[C@H](O)c1ccnc2ccc(OC)cc12.C[C@H]([C@H](C(=O)O)c1ccc(Cl)cc1)C(F)(F)F. The molecule has 0 saturated carbocycles. The maximum atomic E-state index is 12.5. The van der Waals surface area contributed by atoms with Gasteiger partial charge in [0.2, 0.25) is 0 Å². The van der Waals surface area contributed by atoms with Gasteiger partial charge in [0.05, 0.1) is 30.6 Å². The van der Waals surface area contributed by atoms with Crippen molar-refractivity contribution in [2.24, 2.45) is 17.8 Å². The van der Waals surface area contributed by atoms with Crippen molar-refractivity contribution in [3.63, 3.8) is 0 Å². The van der Waals surface area contributed by atoms with E-state index in [-0.39, 0.29) is 11.6 Å². The van der Waals surface area contributed by atoms with Gasteiger partial charge in [-0.25, -0.2) is 0 Å². The first-order valence-corrected chi connectivity index (χ1v) is 13.8. The van der Waals surface area contributed by atoms with E-state index in [2.05, 4.69) is 22.5 Å². The number of hydrogen-bond donors (Lipinski definition) is 2. The number of carbonyl (C=O) groups is 1. The normalized spacial score (nSPS) is 24.1. The van der Waals surface area contributed by atoms with Crippen molar-refractivity contribution >= 4 is 28.5 Å². The standard InChI is InChI=1S/C20H24N2O2.C11H10ClF3O2/c1-3-13-12-22-9-7-14(13)10-19(22)20(23)16-6-8-21-18-5-4-15(24-2)11-17(16)18;1-6(11(13,14)15)9(10(16)17)7-2-4-8(12)5-3-7/h3-6,8,11,13-14,19-20,23H,1,7,9-10,12H2,2H3;2-6,9H,1H3,(H,16,17)/t13-,14-,19+,20-;6-,9+/m11/s1. The van der Waals surface area contributed by atoms with Crippen LogP contribution in [0.25, 0.3) is 10.9 Å². The van der Waals surface area contributed by atoms with Crippen molar-refractivity contribution in [2.75, 3.05) is 20.2 Å². The Morgan fingerprint density at radius 2 is 1.93 bits per heavy atom. The number of aliphatic hydroxyl groups excluding tert-OH is 1. The Hall–Kier alpha value is -3.14. The molecule has 0 aliphatic carbocycles. The molecule has 0 radical (unpaired) electrons. The minimum Gasteiger partial charge on any atom is -0.497 e. The minimum absolute atomic E-state index is 0.0896. The predicted octanol–water partition coefficient (Wildman–Crippen LogP) is 6.88. The highest BCUT2D eigenvalue weighted by molar-refractivity contribution is 6.30. The summed E-state index contributed by atoms with van der Waals surface area (Å²) in [7, 11) is 1.66. The molecule has 10 heteroatoms. The van der Waals surface area contributed by atoms with Gasteiger partial charge in [-0.1, -0.05) is 36.7 Å². The maximum absolute atomic E-state index is 12.5. The van der Waals surface area contributed by atoms with Gasteiger partial charge in [-0.05, 0) is 78.7 Å². The molecular formula is C31H34ClF3N2O4. The molecule has 2 bridgehead atoms. The van der Waals surface area contributed by atoms with Crippen LogP contribution in [0.4, 0.5) is 13.2 Å². The van der Waals surface area contributed by atoms with E-state index in [1.807, 2.05) is 24.3 Å². The van der Waals surface area contributed by atoms with Crippen molar-refractivity contribution in [3.8, 4) is 5.75 Å². The number of halogens is 4. The molecule has 220 valence electrons. The molecule has 41 heavy (non-hydrogen) atoms. The van der Waals surface area contributed by atoms with E-state index in [0.29, 0.717) is 16.9 Å². The predicted molar refractivity (Wildman–Crippen MR) is 152 cm³/mol. The number of carboxylic acids is 1. The summed E-state index contributed by atoms with van der Waals surface area (Å²) in [6.45, 7) is 6.92. The van der Waals surface area contributed by atoms with E-state index in [1.165, 1.54) is 30.7 Å². The molecule has 2 aromatic carbocycles. The van der Waals surface area contributed by atoms with E-state index in [4.69, 9.17) is 21.4 Å². The van der Waals surface area contributed by atoms with Gasteiger partial charge >= 0.3 is 12.1 Å². The summed E-state index contributed by atoms with van der Waals surface area (Å²) in [5.74, 6) is -3.07. The van der Waals surface area contributed by atoms with E-state index < -0.39 is 30.1 Å². The zero-order valence-corrected chi connectivity index (χ0v) is 23.6. The Balaban J connectivity index is 0.000000202. The van der Waals surface area contributed by atoms with Gasteiger partial charge in [0.25, 0.3) is 0 Å². The summed E-state index contributed by atoms with van der Waals surface area (Å²) < 4.78 is 43.0. The Morgan fingerprint density at radius 1 is 1.22 bits per heavy atom. The third-order valence-corrected chi connectivity index (χ3v) is 8.58. The van der Waals surface area contributed by atoms with Gasteiger partial charge in [0, 0.05) is 29.2 Å². The van der Waals surface area contributed by atoms with Crippen LogP contribution < -0.4 is 4.74 Å². The monoisotopic (exact) mass is 590 g/mol. The Labute approximate surface area is 242 Å². The average Bonchev–Trinajstić information content (AvgIpc) is 2.97. The van der Waals surface area contributed by atoms with Crippen molar-refractivity contribution in [1.29, 1.82) is 0 Å². The fraction of sp³-hybridized carbons (Fsp3) is 0.419. The van der Waals surface area contributed by atoms with Gasteiger partial charge in [-0.2, -0.15) is 13.2 Å². The second kappa shape index (κ2) is 12.8. The molecule has 7 atom stereocenters. The highest BCUT2D eigenvalue weighted by Gasteiger charge is 2.45. The fourth-order valence-electron chi connectivity index (χ4n) is 5.95. The summed E-state index contributed by atoms with van der Waals surface area (Å²) in [5.41, 5.74) is 1.94. The van der Waals surface area contributed by atoms with Crippen LogP contribution in [0.2, 0.25) is 5.02 Å². The van der Waals surface area contributed by atoms with Crippen LogP contribution >= 0.6 is 11.6 Å². The number of pyridine rings is 1. The summed E-state index contributed by atoms with van der Waals surface area (Å²) >= 11 is 5.60. The van der Waals surface area contributed by atoms with Gasteiger partial charge < -0.3 is 14.9 Å². The van der Waals surface area contributed by atoms with Crippen LogP contribution in [0.15, 0.2) is 67.4 Å². The average molecular weight is 591 g/mol. The van der Waals surface area contributed by atoms with Crippen molar-refractivity contribution in [1.82, 2.24) is 9.88 Å². The highest BCUT2D eigenvalue weighted by Crippen LogP contribution is 2.42. The lowest BCUT2D eigenvalue weighted by Gasteiger charge is -2.50. The molecule has 3 aliphatic heterocycles. The summed E-state index contributed by atoms with van der Waals surface area (Å²) in [6.07, 6.45) is 1.07. The van der Waals surface area contributed by atoms with Gasteiger partial charge in [0.15, 0.2) is 0 Å². The molecule has 2 N–H and O–H groups in total.